The van der Waals surface area contributed by atoms with Crippen LogP contribution in [0, 0.1) is 0 Å². The van der Waals surface area contributed by atoms with Crippen molar-refractivity contribution in [3.8, 4) is 11.5 Å². The Bertz CT molecular complexity index is 870. The lowest BCUT2D eigenvalue weighted by molar-refractivity contribution is -0.203. The van der Waals surface area contributed by atoms with Crippen LogP contribution in [-0.2, 0) is 10.5 Å². The van der Waals surface area contributed by atoms with E-state index in [-0.39, 0.29) is 6.42 Å². The molecule has 0 unspecified atom stereocenters. The van der Waals surface area contributed by atoms with Gasteiger partial charge in [-0.25, -0.2) is 0 Å². The molecule has 2 aromatic carbocycles. The second kappa shape index (κ2) is 5.54. The first-order valence-corrected chi connectivity index (χ1v) is 7.74. The molecule has 0 bridgehead atoms. The number of furan rings is 1. The molecule has 0 fully saturated rings. The summed E-state index contributed by atoms with van der Waals surface area (Å²) < 4.78 is 22.9. The van der Waals surface area contributed by atoms with Gasteiger partial charge in [0.05, 0.1) is 30.4 Å². The molecule has 3 aromatic rings. The van der Waals surface area contributed by atoms with Gasteiger partial charge in [-0.05, 0) is 6.07 Å². The second-order valence-electron chi connectivity index (χ2n) is 5.80. The van der Waals surface area contributed by atoms with Crippen molar-refractivity contribution < 1.29 is 23.7 Å². The van der Waals surface area contributed by atoms with E-state index in [1.165, 1.54) is 0 Å². The fourth-order valence-corrected chi connectivity index (χ4v) is 3.38. The Morgan fingerprint density at radius 1 is 1.17 bits per heavy atom. The summed E-state index contributed by atoms with van der Waals surface area (Å²) in [6.45, 7) is 0. The fourth-order valence-electron chi connectivity index (χ4n) is 3.38. The van der Waals surface area contributed by atoms with Crippen molar-refractivity contribution in [2.75, 3.05) is 14.2 Å². The Morgan fingerprint density at radius 3 is 2.67 bits per heavy atom. The predicted molar refractivity (Wildman–Crippen MR) is 88.1 cm³/mol. The standard InChI is InChI=1S/C19H18O5/c1-21-18-13-8-9-23-15(13)10-16-17(18)14(20)11-19(22-2,24-16)12-6-4-3-5-7-12/h3-10,14,20H,11H2,1-2H3/t14-,19-/m0/s1. The lowest BCUT2D eigenvalue weighted by atomic mass is 9.90. The Balaban J connectivity index is 1.91. The smallest absolute Gasteiger partial charge is 0.239 e. The Kier molecular flexibility index (Phi) is 3.48. The molecule has 0 aliphatic carbocycles. The zero-order chi connectivity index (χ0) is 16.7. The summed E-state index contributed by atoms with van der Waals surface area (Å²) in [6, 6.07) is 13.2. The maximum Gasteiger partial charge on any atom is 0.239 e. The first kappa shape index (κ1) is 15.1. The number of aliphatic hydroxyl groups excluding tert-OH is 1. The van der Waals surface area contributed by atoms with Crippen LogP contribution < -0.4 is 9.47 Å². The van der Waals surface area contributed by atoms with Crippen molar-refractivity contribution >= 4 is 11.0 Å². The molecule has 5 heteroatoms. The van der Waals surface area contributed by atoms with Crippen molar-refractivity contribution in [1.29, 1.82) is 0 Å². The number of hydrogen-bond acceptors (Lipinski definition) is 5. The van der Waals surface area contributed by atoms with Gasteiger partial charge in [-0.1, -0.05) is 30.3 Å². The van der Waals surface area contributed by atoms with Gasteiger partial charge in [0.1, 0.15) is 17.1 Å². The monoisotopic (exact) mass is 326 g/mol. The lowest BCUT2D eigenvalue weighted by Crippen LogP contribution is -2.40. The van der Waals surface area contributed by atoms with Crippen molar-refractivity contribution in [2.45, 2.75) is 18.3 Å². The molecule has 1 N–H and O–H groups in total. The molecule has 0 saturated carbocycles. The number of benzene rings is 2. The number of hydrogen-bond donors (Lipinski definition) is 1. The average molecular weight is 326 g/mol. The Morgan fingerprint density at radius 2 is 1.96 bits per heavy atom. The molecule has 4 rings (SSSR count). The first-order valence-electron chi connectivity index (χ1n) is 7.74. The van der Waals surface area contributed by atoms with Gasteiger partial charge in [-0.15, -0.1) is 0 Å². The summed E-state index contributed by atoms with van der Waals surface area (Å²) >= 11 is 0. The maximum absolute atomic E-state index is 10.8. The largest absolute Gasteiger partial charge is 0.495 e. The number of aliphatic hydroxyl groups is 1. The van der Waals surface area contributed by atoms with Crippen LogP contribution in [0.4, 0.5) is 0 Å². The van der Waals surface area contributed by atoms with Gasteiger partial charge in [0.25, 0.3) is 0 Å². The van der Waals surface area contributed by atoms with Gasteiger partial charge in [0.2, 0.25) is 5.79 Å². The van der Waals surface area contributed by atoms with E-state index < -0.39 is 11.9 Å². The lowest BCUT2D eigenvalue weighted by Gasteiger charge is -2.40. The van der Waals surface area contributed by atoms with E-state index in [1.807, 2.05) is 36.4 Å². The SMILES string of the molecule is COc1c2c(cc3occc13)O[C@](OC)(c1ccccc1)C[C@@H]2O. The third-order valence-corrected chi connectivity index (χ3v) is 4.53. The Labute approximate surface area is 139 Å². The molecule has 1 aliphatic rings. The molecule has 0 saturated heterocycles. The summed E-state index contributed by atoms with van der Waals surface area (Å²) in [6.07, 6.45) is 1.06. The molecular weight excluding hydrogens is 308 g/mol. The van der Waals surface area contributed by atoms with Crippen molar-refractivity contribution in [2.24, 2.45) is 0 Å². The average Bonchev–Trinajstić information content (AvgIpc) is 3.08. The minimum Gasteiger partial charge on any atom is -0.495 e. The molecular formula is C19H18O5. The summed E-state index contributed by atoms with van der Waals surface area (Å²) in [5.41, 5.74) is 2.10. The van der Waals surface area contributed by atoms with Crippen LogP contribution in [0.15, 0.2) is 53.1 Å². The predicted octanol–water partition coefficient (Wildman–Crippen LogP) is 3.76. The zero-order valence-electron chi connectivity index (χ0n) is 13.5. The number of fused-ring (bicyclic) bond motifs is 2. The molecule has 1 aromatic heterocycles. The highest BCUT2D eigenvalue weighted by Gasteiger charge is 2.44. The molecule has 0 amide bonds. The van der Waals surface area contributed by atoms with Crippen LogP contribution in [0.3, 0.4) is 0 Å². The maximum atomic E-state index is 10.8. The highest BCUT2D eigenvalue weighted by Crippen LogP contribution is 2.51. The highest BCUT2D eigenvalue weighted by molar-refractivity contribution is 5.88. The minimum atomic E-state index is -1.06. The van der Waals surface area contributed by atoms with Crippen LogP contribution in [-0.4, -0.2) is 19.3 Å². The number of methoxy groups -OCH3 is 2. The number of ether oxygens (including phenoxy) is 3. The van der Waals surface area contributed by atoms with E-state index in [0.717, 1.165) is 10.9 Å². The van der Waals surface area contributed by atoms with Gasteiger partial charge >= 0.3 is 0 Å². The van der Waals surface area contributed by atoms with Gasteiger partial charge in [-0.2, -0.15) is 0 Å². The molecule has 2 heterocycles. The van der Waals surface area contributed by atoms with Crippen LogP contribution >= 0.6 is 0 Å². The van der Waals surface area contributed by atoms with Gasteiger partial charge in [-0.3, -0.25) is 0 Å². The molecule has 0 spiro atoms. The van der Waals surface area contributed by atoms with Crippen LogP contribution in [0.2, 0.25) is 0 Å². The summed E-state index contributed by atoms with van der Waals surface area (Å²) in [4.78, 5) is 0. The second-order valence-corrected chi connectivity index (χ2v) is 5.80. The summed E-state index contributed by atoms with van der Waals surface area (Å²) in [7, 11) is 3.15. The van der Waals surface area contributed by atoms with E-state index in [4.69, 9.17) is 18.6 Å². The normalized spacial score (nSPS) is 22.9. The number of rotatable bonds is 3. The molecule has 124 valence electrons. The fraction of sp³-hybridized carbons (Fsp3) is 0.263. The Hall–Kier alpha value is -2.50. The van der Waals surface area contributed by atoms with Crippen LogP contribution in [0.1, 0.15) is 23.7 Å². The summed E-state index contributed by atoms with van der Waals surface area (Å²) in [5, 5.41) is 11.6. The van der Waals surface area contributed by atoms with E-state index in [9.17, 15) is 5.11 Å². The van der Waals surface area contributed by atoms with E-state index in [0.29, 0.717) is 22.6 Å². The highest BCUT2D eigenvalue weighted by atomic mass is 16.7. The van der Waals surface area contributed by atoms with Crippen LogP contribution in [0.5, 0.6) is 11.5 Å². The van der Waals surface area contributed by atoms with E-state index in [2.05, 4.69) is 0 Å². The summed E-state index contributed by atoms with van der Waals surface area (Å²) in [5.74, 6) is 0.0131. The van der Waals surface area contributed by atoms with Gasteiger partial charge in [0, 0.05) is 25.2 Å². The first-order chi connectivity index (χ1) is 11.7. The topological polar surface area (TPSA) is 61.1 Å². The molecule has 2 atom stereocenters. The van der Waals surface area contributed by atoms with Gasteiger partial charge in [0.15, 0.2) is 0 Å². The molecule has 5 nitrogen and oxygen atoms in total. The third kappa shape index (κ3) is 2.09. The third-order valence-electron chi connectivity index (χ3n) is 4.53. The molecule has 0 radical (unpaired) electrons. The molecule has 24 heavy (non-hydrogen) atoms. The minimum absolute atomic E-state index is 0.264. The zero-order valence-corrected chi connectivity index (χ0v) is 13.5. The van der Waals surface area contributed by atoms with E-state index >= 15 is 0 Å². The molecule has 1 aliphatic heterocycles. The van der Waals surface area contributed by atoms with Crippen molar-refractivity contribution in [1.82, 2.24) is 0 Å². The quantitative estimate of drug-likeness (QED) is 0.794. The van der Waals surface area contributed by atoms with Gasteiger partial charge < -0.3 is 23.7 Å². The van der Waals surface area contributed by atoms with Crippen molar-refractivity contribution in [3.05, 3.63) is 59.9 Å². The van der Waals surface area contributed by atoms with Crippen molar-refractivity contribution in [3.63, 3.8) is 0 Å². The van der Waals surface area contributed by atoms with Crippen LogP contribution in [0.25, 0.3) is 11.0 Å². The van der Waals surface area contributed by atoms with E-state index in [1.54, 1.807) is 26.5 Å².